The maximum atomic E-state index is 12.0. The lowest BCUT2D eigenvalue weighted by molar-refractivity contribution is -0.190. The molecule has 1 aromatic rings. The van der Waals surface area contributed by atoms with E-state index in [0.29, 0.717) is 12.8 Å². The molecule has 7 nitrogen and oxygen atoms in total. The van der Waals surface area contributed by atoms with E-state index in [1.807, 2.05) is 38.1 Å². The SMILES string of the molecule is CCCC(=O)N[C@H]1C(C)O[C@H](COC(=O)Sc2ccc(C)cc2)[C@@H](O)[C@@H]1O. The van der Waals surface area contributed by atoms with Crippen LogP contribution in [0, 0.1) is 6.92 Å². The molecule has 1 fully saturated rings. The molecule has 8 heteroatoms. The molecule has 27 heavy (non-hydrogen) atoms. The van der Waals surface area contributed by atoms with Crippen molar-refractivity contribution in [1.82, 2.24) is 5.32 Å². The van der Waals surface area contributed by atoms with E-state index in [-0.39, 0.29) is 12.5 Å². The Hall–Kier alpha value is -1.61. The highest BCUT2D eigenvalue weighted by molar-refractivity contribution is 8.13. The number of ether oxygens (including phenoxy) is 2. The van der Waals surface area contributed by atoms with Gasteiger partial charge in [-0.25, -0.2) is 4.79 Å². The number of aliphatic hydroxyl groups is 2. The van der Waals surface area contributed by atoms with Gasteiger partial charge in [0.2, 0.25) is 5.91 Å². The monoisotopic (exact) mass is 397 g/mol. The van der Waals surface area contributed by atoms with Crippen molar-refractivity contribution in [3.63, 3.8) is 0 Å². The zero-order valence-electron chi connectivity index (χ0n) is 15.8. The summed E-state index contributed by atoms with van der Waals surface area (Å²) >= 11 is 0.940. The summed E-state index contributed by atoms with van der Waals surface area (Å²) in [4.78, 5) is 24.5. The second-order valence-electron chi connectivity index (χ2n) is 6.68. The van der Waals surface area contributed by atoms with Gasteiger partial charge in [-0.15, -0.1) is 0 Å². The zero-order valence-corrected chi connectivity index (χ0v) is 16.6. The van der Waals surface area contributed by atoms with Gasteiger partial charge in [0, 0.05) is 11.3 Å². The summed E-state index contributed by atoms with van der Waals surface area (Å²) in [6.07, 6.45) is -2.85. The fourth-order valence-electron chi connectivity index (χ4n) is 2.86. The number of hydrogen-bond acceptors (Lipinski definition) is 7. The molecule has 0 aromatic heterocycles. The Morgan fingerprint density at radius 1 is 1.22 bits per heavy atom. The lowest BCUT2D eigenvalue weighted by Gasteiger charge is -2.41. The molecule has 1 aliphatic heterocycles. The predicted molar refractivity (Wildman–Crippen MR) is 102 cm³/mol. The molecular weight excluding hydrogens is 370 g/mol. The third-order valence-corrected chi connectivity index (χ3v) is 5.18. The van der Waals surface area contributed by atoms with Crippen LogP contribution in [0.25, 0.3) is 0 Å². The first-order valence-electron chi connectivity index (χ1n) is 9.04. The Bertz CT molecular complexity index is 638. The molecule has 1 aliphatic rings. The van der Waals surface area contributed by atoms with Gasteiger partial charge in [0.25, 0.3) is 0 Å². The average Bonchev–Trinajstić information content (AvgIpc) is 2.63. The van der Waals surface area contributed by atoms with Gasteiger partial charge in [-0.05, 0) is 44.2 Å². The maximum Gasteiger partial charge on any atom is 0.372 e. The van der Waals surface area contributed by atoms with E-state index < -0.39 is 35.8 Å². The van der Waals surface area contributed by atoms with Crippen LogP contribution in [0.15, 0.2) is 29.2 Å². The number of amides is 1. The minimum Gasteiger partial charge on any atom is -0.454 e. The molecule has 2 rings (SSSR count). The summed E-state index contributed by atoms with van der Waals surface area (Å²) in [6, 6.07) is 6.72. The minimum absolute atomic E-state index is 0.185. The number of hydrogen-bond donors (Lipinski definition) is 3. The van der Waals surface area contributed by atoms with Gasteiger partial charge in [0.1, 0.15) is 24.9 Å². The number of nitrogens with one attached hydrogen (secondary N) is 1. The van der Waals surface area contributed by atoms with Crippen LogP contribution in [-0.4, -0.2) is 58.5 Å². The Labute approximate surface area is 163 Å². The van der Waals surface area contributed by atoms with Crippen molar-refractivity contribution in [2.24, 2.45) is 0 Å². The van der Waals surface area contributed by atoms with Crippen molar-refractivity contribution < 1.29 is 29.3 Å². The lowest BCUT2D eigenvalue weighted by Crippen LogP contribution is -2.63. The summed E-state index contributed by atoms with van der Waals surface area (Å²) in [5.41, 5.74) is 1.09. The fraction of sp³-hybridized carbons (Fsp3) is 0.579. The first-order valence-corrected chi connectivity index (χ1v) is 9.85. The molecule has 3 N–H and O–H groups in total. The molecule has 0 radical (unpaired) electrons. The molecule has 1 aromatic carbocycles. The number of aryl methyl sites for hydroxylation is 1. The van der Waals surface area contributed by atoms with Crippen molar-refractivity contribution in [3.05, 3.63) is 29.8 Å². The fourth-order valence-corrected chi connectivity index (χ4v) is 3.45. The van der Waals surface area contributed by atoms with Crippen LogP contribution in [0.2, 0.25) is 0 Å². The molecule has 0 saturated carbocycles. The largest absolute Gasteiger partial charge is 0.454 e. The van der Waals surface area contributed by atoms with E-state index in [0.717, 1.165) is 22.2 Å². The molecule has 0 aliphatic carbocycles. The number of aliphatic hydroxyl groups excluding tert-OH is 2. The van der Waals surface area contributed by atoms with Crippen LogP contribution in [0.1, 0.15) is 32.3 Å². The van der Waals surface area contributed by atoms with Crippen LogP contribution in [-0.2, 0) is 14.3 Å². The van der Waals surface area contributed by atoms with Crippen molar-refractivity contribution >= 4 is 23.0 Å². The Morgan fingerprint density at radius 3 is 2.52 bits per heavy atom. The third-order valence-electron chi connectivity index (χ3n) is 4.39. The smallest absolute Gasteiger partial charge is 0.372 e. The number of benzene rings is 1. The highest BCUT2D eigenvalue weighted by Gasteiger charge is 2.43. The molecule has 0 spiro atoms. The van der Waals surface area contributed by atoms with Gasteiger partial charge in [-0.2, -0.15) is 0 Å². The van der Waals surface area contributed by atoms with Crippen LogP contribution in [0.4, 0.5) is 4.79 Å². The number of thioether (sulfide) groups is 1. The maximum absolute atomic E-state index is 12.0. The van der Waals surface area contributed by atoms with Gasteiger partial charge in [0.15, 0.2) is 0 Å². The van der Waals surface area contributed by atoms with Gasteiger partial charge in [-0.3, -0.25) is 4.79 Å². The predicted octanol–water partition coefficient (Wildman–Crippen LogP) is 2.02. The minimum atomic E-state index is -1.27. The highest BCUT2D eigenvalue weighted by Crippen LogP contribution is 2.24. The van der Waals surface area contributed by atoms with Crippen molar-refractivity contribution in [2.75, 3.05) is 6.61 Å². The topological polar surface area (TPSA) is 105 Å². The summed E-state index contributed by atoms with van der Waals surface area (Å²) in [7, 11) is 0. The van der Waals surface area contributed by atoms with Crippen LogP contribution in [0.3, 0.4) is 0 Å². The number of carbonyl (C=O) groups excluding carboxylic acids is 2. The Balaban J connectivity index is 1.85. The van der Waals surface area contributed by atoms with Gasteiger partial charge >= 0.3 is 5.30 Å². The molecule has 1 unspecified atom stereocenters. The molecular formula is C19H27NO6S. The van der Waals surface area contributed by atoms with E-state index >= 15 is 0 Å². The molecule has 0 bridgehead atoms. The van der Waals surface area contributed by atoms with E-state index in [1.54, 1.807) is 6.92 Å². The van der Waals surface area contributed by atoms with Gasteiger partial charge in [-0.1, -0.05) is 24.6 Å². The van der Waals surface area contributed by atoms with E-state index in [4.69, 9.17) is 9.47 Å². The van der Waals surface area contributed by atoms with Gasteiger partial charge in [0.05, 0.1) is 12.1 Å². The molecule has 1 amide bonds. The van der Waals surface area contributed by atoms with Crippen LogP contribution >= 0.6 is 11.8 Å². The van der Waals surface area contributed by atoms with Crippen molar-refractivity contribution in [2.45, 2.75) is 69.0 Å². The summed E-state index contributed by atoms with van der Waals surface area (Å²) in [6.45, 7) is 5.35. The standard InChI is InChI=1S/C19H27NO6S/c1-4-5-15(21)20-16-12(3)26-14(17(22)18(16)23)10-25-19(24)27-13-8-6-11(2)7-9-13/h6-9,12,14,16-18,22-23H,4-5,10H2,1-3H3,(H,20,21)/t12?,14-,16+,17-,18-/m1/s1. The Kier molecular flexibility index (Phi) is 8.09. The molecule has 5 atom stereocenters. The van der Waals surface area contributed by atoms with Crippen molar-refractivity contribution in [1.29, 1.82) is 0 Å². The molecule has 150 valence electrons. The summed E-state index contributed by atoms with van der Waals surface area (Å²) < 4.78 is 10.8. The first kappa shape index (κ1) is 21.7. The van der Waals surface area contributed by atoms with E-state index in [2.05, 4.69) is 5.32 Å². The lowest BCUT2D eigenvalue weighted by atomic mass is 9.93. The normalized spacial score (nSPS) is 27.8. The number of carbonyl (C=O) groups is 2. The second-order valence-corrected chi connectivity index (χ2v) is 7.69. The quantitative estimate of drug-likeness (QED) is 0.498. The first-order chi connectivity index (χ1) is 12.8. The van der Waals surface area contributed by atoms with Crippen molar-refractivity contribution in [3.8, 4) is 0 Å². The highest BCUT2D eigenvalue weighted by atomic mass is 32.2. The number of rotatable bonds is 6. The summed E-state index contributed by atoms with van der Waals surface area (Å²) in [5, 5.41) is 22.8. The average molecular weight is 397 g/mol. The second kappa shape index (κ2) is 10.1. The van der Waals surface area contributed by atoms with Crippen LogP contribution in [0.5, 0.6) is 0 Å². The Morgan fingerprint density at radius 2 is 1.89 bits per heavy atom. The van der Waals surface area contributed by atoms with E-state index in [9.17, 15) is 19.8 Å². The summed E-state index contributed by atoms with van der Waals surface area (Å²) in [5.74, 6) is -0.205. The third kappa shape index (κ3) is 6.21. The van der Waals surface area contributed by atoms with Gasteiger partial charge < -0.3 is 25.0 Å². The molecule has 1 saturated heterocycles. The zero-order chi connectivity index (χ0) is 20.0. The van der Waals surface area contributed by atoms with Crippen LogP contribution < -0.4 is 5.32 Å². The molecule has 1 heterocycles. The van der Waals surface area contributed by atoms with E-state index in [1.165, 1.54) is 0 Å².